The van der Waals surface area contributed by atoms with Crippen LogP contribution in [0.4, 0.5) is 14.7 Å². The third kappa shape index (κ3) is 2.05. The van der Waals surface area contributed by atoms with Gasteiger partial charge in [-0.1, -0.05) is 12.8 Å². The Morgan fingerprint density at radius 2 is 2.11 bits per heavy atom. The van der Waals surface area contributed by atoms with E-state index in [2.05, 4.69) is 4.98 Å². The van der Waals surface area contributed by atoms with Crippen molar-refractivity contribution in [2.75, 3.05) is 5.73 Å². The van der Waals surface area contributed by atoms with Crippen LogP contribution in [0.15, 0.2) is 12.1 Å². The molecule has 96 valence electrons. The summed E-state index contributed by atoms with van der Waals surface area (Å²) in [6.45, 7) is 0.668. The van der Waals surface area contributed by atoms with Gasteiger partial charge in [-0.25, -0.2) is 13.8 Å². The molecule has 1 fully saturated rings. The summed E-state index contributed by atoms with van der Waals surface area (Å²) in [5.41, 5.74) is 6.37. The van der Waals surface area contributed by atoms with E-state index in [1.54, 1.807) is 4.57 Å². The fraction of sp³-hybridized carbons (Fsp3) is 0.462. The zero-order valence-corrected chi connectivity index (χ0v) is 10.00. The number of fused-ring (bicyclic) bond motifs is 1. The molecule has 0 aliphatic heterocycles. The van der Waals surface area contributed by atoms with E-state index in [1.165, 1.54) is 18.9 Å². The highest BCUT2D eigenvalue weighted by Gasteiger charge is 2.21. The molecule has 2 N–H and O–H groups in total. The third-order valence-corrected chi connectivity index (χ3v) is 3.49. The molecule has 1 aliphatic rings. The van der Waals surface area contributed by atoms with E-state index in [9.17, 15) is 8.78 Å². The van der Waals surface area contributed by atoms with Gasteiger partial charge in [0.15, 0.2) is 5.82 Å². The van der Waals surface area contributed by atoms with E-state index in [0.29, 0.717) is 12.1 Å². The van der Waals surface area contributed by atoms with Crippen molar-refractivity contribution in [3.63, 3.8) is 0 Å². The number of aromatic nitrogens is 2. The Balaban J connectivity index is 1.91. The van der Waals surface area contributed by atoms with Crippen molar-refractivity contribution in [1.82, 2.24) is 9.55 Å². The lowest BCUT2D eigenvalue weighted by molar-refractivity contribution is 0.581. The number of nitrogens with two attached hydrogens (primary N) is 1. The van der Waals surface area contributed by atoms with Crippen molar-refractivity contribution in [3.05, 3.63) is 23.8 Å². The third-order valence-electron chi connectivity index (χ3n) is 3.49. The summed E-state index contributed by atoms with van der Waals surface area (Å²) < 4.78 is 28.5. The number of hydrogen-bond acceptors (Lipinski definition) is 2. The average molecular weight is 251 g/mol. The number of rotatable bonds is 4. The van der Waals surface area contributed by atoms with E-state index in [-0.39, 0.29) is 11.5 Å². The normalized spacial score (nSPS) is 15.4. The van der Waals surface area contributed by atoms with E-state index in [1.807, 2.05) is 0 Å². The molecule has 3 rings (SSSR count). The van der Waals surface area contributed by atoms with Crippen molar-refractivity contribution in [1.29, 1.82) is 0 Å². The zero-order chi connectivity index (χ0) is 12.7. The van der Waals surface area contributed by atoms with Crippen LogP contribution in [0, 0.1) is 17.6 Å². The average Bonchev–Trinajstić information content (AvgIpc) is 3.06. The SMILES string of the molecule is Nc1nc2c(F)cc(F)cc2n1CCCC1CC1. The molecule has 1 saturated carbocycles. The molecule has 2 aromatic rings. The van der Waals surface area contributed by atoms with E-state index in [4.69, 9.17) is 5.73 Å². The minimum Gasteiger partial charge on any atom is -0.369 e. The van der Waals surface area contributed by atoms with Gasteiger partial charge in [0, 0.05) is 18.7 Å². The maximum Gasteiger partial charge on any atom is 0.201 e. The first kappa shape index (κ1) is 11.4. The van der Waals surface area contributed by atoms with Crippen LogP contribution in [0.2, 0.25) is 0 Å². The van der Waals surface area contributed by atoms with Crippen LogP contribution >= 0.6 is 0 Å². The molecule has 0 unspecified atom stereocenters. The number of anilines is 1. The van der Waals surface area contributed by atoms with Crippen molar-refractivity contribution < 1.29 is 8.78 Å². The number of nitrogens with zero attached hydrogens (tertiary/aromatic N) is 2. The van der Waals surface area contributed by atoms with Gasteiger partial charge < -0.3 is 10.3 Å². The first-order valence-electron chi connectivity index (χ1n) is 6.26. The first-order chi connectivity index (χ1) is 8.65. The molecule has 0 amide bonds. The molecule has 1 aliphatic carbocycles. The summed E-state index contributed by atoms with van der Waals surface area (Å²) in [6, 6.07) is 2.13. The summed E-state index contributed by atoms with van der Waals surface area (Å²) in [6.07, 6.45) is 4.74. The molecule has 1 aromatic carbocycles. The number of imidazole rings is 1. The van der Waals surface area contributed by atoms with Gasteiger partial charge >= 0.3 is 0 Å². The van der Waals surface area contributed by atoms with Gasteiger partial charge in [0.25, 0.3) is 0 Å². The fourth-order valence-electron chi connectivity index (χ4n) is 2.35. The van der Waals surface area contributed by atoms with Crippen LogP contribution in [0.1, 0.15) is 25.7 Å². The number of benzene rings is 1. The molecule has 0 bridgehead atoms. The second kappa shape index (κ2) is 4.23. The monoisotopic (exact) mass is 251 g/mol. The van der Waals surface area contributed by atoms with Crippen molar-refractivity contribution in [2.45, 2.75) is 32.2 Å². The van der Waals surface area contributed by atoms with Gasteiger partial charge in [0.05, 0.1) is 5.52 Å². The Morgan fingerprint density at radius 1 is 1.33 bits per heavy atom. The quantitative estimate of drug-likeness (QED) is 0.907. The summed E-state index contributed by atoms with van der Waals surface area (Å²) in [4.78, 5) is 3.97. The molecule has 1 aromatic heterocycles. The molecule has 0 atom stereocenters. The smallest absolute Gasteiger partial charge is 0.201 e. The molecular formula is C13H15F2N3. The van der Waals surface area contributed by atoms with E-state index in [0.717, 1.165) is 24.8 Å². The van der Waals surface area contributed by atoms with Crippen LogP contribution < -0.4 is 5.73 Å². The van der Waals surface area contributed by atoms with Gasteiger partial charge in [-0.3, -0.25) is 0 Å². The number of nitrogen functional groups attached to an aromatic ring is 1. The van der Waals surface area contributed by atoms with E-state index >= 15 is 0 Å². The lowest BCUT2D eigenvalue weighted by Crippen LogP contribution is -2.03. The molecule has 1 heterocycles. The summed E-state index contributed by atoms with van der Waals surface area (Å²) in [5.74, 6) is -0.152. The molecule has 0 saturated heterocycles. The predicted octanol–water partition coefficient (Wildman–Crippen LogP) is 3.09. The Morgan fingerprint density at radius 3 is 2.83 bits per heavy atom. The van der Waals surface area contributed by atoms with Gasteiger partial charge in [0.1, 0.15) is 11.3 Å². The Labute approximate surface area is 104 Å². The molecule has 3 nitrogen and oxygen atoms in total. The van der Waals surface area contributed by atoms with Crippen LogP contribution in [0.3, 0.4) is 0 Å². The minimum atomic E-state index is -0.655. The predicted molar refractivity (Wildman–Crippen MR) is 66.0 cm³/mol. The van der Waals surface area contributed by atoms with Gasteiger partial charge in [-0.05, 0) is 18.8 Å². The standard InChI is InChI=1S/C13H15F2N3/c14-9-6-10(15)12-11(7-9)18(13(16)17-12)5-1-2-8-3-4-8/h6-8H,1-5H2,(H2,16,17). The van der Waals surface area contributed by atoms with Gasteiger partial charge in [0.2, 0.25) is 5.95 Å². The molecular weight excluding hydrogens is 236 g/mol. The number of hydrogen-bond donors (Lipinski definition) is 1. The Bertz CT molecular complexity index is 587. The highest BCUT2D eigenvalue weighted by molar-refractivity contribution is 5.79. The van der Waals surface area contributed by atoms with Crippen LogP contribution in [-0.2, 0) is 6.54 Å². The summed E-state index contributed by atoms with van der Waals surface area (Å²) in [5, 5.41) is 0. The van der Waals surface area contributed by atoms with Crippen LogP contribution in [-0.4, -0.2) is 9.55 Å². The van der Waals surface area contributed by atoms with E-state index < -0.39 is 11.6 Å². The minimum absolute atomic E-state index is 0.153. The van der Waals surface area contributed by atoms with Crippen LogP contribution in [0.25, 0.3) is 11.0 Å². The van der Waals surface area contributed by atoms with Gasteiger partial charge in [-0.15, -0.1) is 0 Å². The van der Waals surface area contributed by atoms with Crippen LogP contribution in [0.5, 0.6) is 0 Å². The topological polar surface area (TPSA) is 43.8 Å². The Hall–Kier alpha value is -1.65. The lowest BCUT2D eigenvalue weighted by atomic mass is 10.2. The molecule has 0 radical (unpaired) electrons. The first-order valence-corrected chi connectivity index (χ1v) is 6.26. The van der Waals surface area contributed by atoms with Crippen molar-refractivity contribution in [2.24, 2.45) is 5.92 Å². The second-order valence-corrected chi connectivity index (χ2v) is 4.96. The van der Waals surface area contributed by atoms with Gasteiger partial charge in [-0.2, -0.15) is 0 Å². The summed E-state index contributed by atoms with van der Waals surface area (Å²) in [7, 11) is 0. The number of halogens is 2. The maximum atomic E-state index is 13.5. The molecule has 18 heavy (non-hydrogen) atoms. The summed E-state index contributed by atoms with van der Waals surface area (Å²) >= 11 is 0. The molecule has 5 heteroatoms. The fourth-order valence-corrected chi connectivity index (χ4v) is 2.35. The lowest BCUT2D eigenvalue weighted by Gasteiger charge is -2.06. The molecule has 0 spiro atoms. The maximum absolute atomic E-state index is 13.5. The largest absolute Gasteiger partial charge is 0.369 e. The highest BCUT2D eigenvalue weighted by Crippen LogP contribution is 2.34. The second-order valence-electron chi connectivity index (χ2n) is 4.96. The highest BCUT2D eigenvalue weighted by atomic mass is 19.1. The zero-order valence-electron chi connectivity index (χ0n) is 10.00. The van der Waals surface area contributed by atoms with Crippen molar-refractivity contribution >= 4 is 17.0 Å². The number of aryl methyl sites for hydroxylation is 1. The van der Waals surface area contributed by atoms with Crippen molar-refractivity contribution in [3.8, 4) is 0 Å². The Kier molecular flexibility index (Phi) is 2.69.